The fourth-order valence-corrected chi connectivity index (χ4v) is 2.23. The number of halogens is 1. The van der Waals surface area contributed by atoms with Crippen molar-refractivity contribution in [2.24, 2.45) is 0 Å². The van der Waals surface area contributed by atoms with Crippen molar-refractivity contribution in [1.82, 2.24) is 5.32 Å². The molecule has 6 heteroatoms. The first-order valence-corrected chi connectivity index (χ1v) is 7.03. The summed E-state index contributed by atoms with van der Waals surface area (Å²) < 4.78 is 0.825. The van der Waals surface area contributed by atoms with Crippen molar-refractivity contribution >= 4 is 34.5 Å². The Labute approximate surface area is 125 Å². The molecular formula is C13H16INO4. The summed E-state index contributed by atoms with van der Waals surface area (Å²) in [6.45, 7) is 1.92. The van der Waals surface area contributed by atoms with Gasteiger partial charge in [0.25, 0.3) is 5.91 Å². The highest BCUT2D eigenvalue weighted by molar-refractivity contribution is 14.1. The summed E-state index contributed by atoms with van der Waals surface area (Å²) in [7, 11) is 0. The lowest BCUT2D eigenvalue weighted by atomic mass is 10.1. The highest BCUT2D eigenvalue weighted by Crippen LogP contribution is 2.20. The molecule has 0 fully saturated rings. The van der Waals surface area contributed by atoms with Crippen LogP contribution in [0.15, 0.2) is 18.2 Å². The minimum atomic E-state index is -0.953. The number of amides is 1. The third-order valence-corrected chi connectivity index (χ3v) is 3.27. The molecule has 0 aliphatic heterocycles. The second kappa shape index (κ2) is 7.32. The Balaban J connectivity index is 2.81. The van der Waals surface area contributed by atoms with Gasteiger partial charge in [0.15, 0.2) is 0 Å². The molecule has 0 saturated heterocycles. The molecule has 1 rings (SSSR count). The SMILES string of the molecule is CCCC(CC(=O)O)NC(=O)c1cc(I)ccc1O. The van der Waals surface area contributed by atoms with Crippen LogP contribution in [0.1, 0.15) is 36.5 Å². The third kappa shape index (κ3) is 5.06. The Morgan fingerprint density at radius 1 is 1.42 bits per heavy atom. The van der Waals surface area contributed by atoms with E-state index in [4.69, 9.17) is 5.11 Å². The third-order valence-electron chi connectivity index (χ3n) is 2.60. The lowest BCUT2D eigenvalue weighted by Gasteiger charge is -2.16. The first-order chi connectivity index (χ1) is 8.93. The first kappa shape index (κ1) is 15.7. The lowest BCUT2D eigenvalue weighted by Crippen LogP contribution is -2.36. The molecule has 0 radical (unpaired) electrons. The zero-order valence-corrected chi connectivity index (χ0v) is 12.7. The number of benzene rings is 1. The van der Waals surface area contributed by atoms with Gasteiger partial charge in [-0.2, -0.15) is 0 Å². The van der Waals surface area contributed by atoms with E-state index in [0.717, 1.165) is 9.99 Å². The summed E-state index contributed by atoms with van der Waals surface area (Å²) in [5.41, 5.74) is 0.165. The fraction of sp³-hybridized carbons (Fsp3) is 0.385. The van der Waals surface area contributed by atoms with Gasteiger partial charge in [0.05, 0.1) is 12.0 Å². The van der Waals surface area contributed by atoms with Gasteiger partial charge in [0.2, 0.25) is 0 Å². The predicted octanol–water partition coefficient (Wildman–Crippen LogP) is 2.37. The Kier molecular flexibility index (Phi) is 6.07. The zero-order valence-electron chi connectivity index (χ0n) is 10.5. The molecule has 0 heterocycles. The van der Waals surface area contributed by atoms with Gasteiger partial charge >= 0.3 is 5.97 Å². The number of phenolic OH excluding ortho intramolecular Hbond substituents is 1. The number of aliphatic carboxylic acids is 1. The van der Waals surface area contributed by atoms with Crippen LogP contribution in [0.5, 0.6) is 5.75 Å². The monoisotopic (exact) mass is 377 g/mol. The van der Waals surface area contributed by atoms with Crippen LogP contribution in [0.2, 0.25) is 0 Å². The summed E-state index contributed by atoms with van der Waals surface area (Å²) in [6.07, 6.45) is 1.24. The van der Waals surface area contributed by atoms with Crippen molar-refractivity contribution in [3.63, 3.8) is 0 Å². The number of carboxylic acid groups (broad SMARTS) is 1. The average Bonchev–Trinajstić information content (AvgIpc) is 2.31. The molecule has 19 heavy (non-hydrogen) atoms. The average molecular weight is 377 g/mol. The summed E-state index contributed by atoms with van der Waals surface area (Å²) in [4.78, 5) is 22.7. The Morgan fingerprint density at radius 2 is 2.11 bits per heavy atom. The number of phenols is 1. The Bertz CT molecular complexity index is 476. The molecular weight excluding hydrogens is 361 g/mol. The van der Waals surface area contributed by atoms with Crippen molar-refractivity contribution in [1.29, 1.82) is 0 Å². The van der Waals surface area contributed by atoms with Gasteiger partial charge in [-0.05, 0) is 47.2 Å². The van der Waals surface area contributed by atoms with Crippen LogP contribution in [0.4, 0.5) is 0 Å². The van der Waals surface area contributed by atoms with Crippen LogP contribution in [0.3, 0.4) is 0 Å². The highest BCUT2D eigenvalue weighted by atomic mass is 127. The summed E-state index contributed by atoms with van der Waals surface area (Å²) in [5.74, 6) is -1.51. The van der Waals surface area contributed by atoms with Gasteiger partial charge in [-0.25, -0.2) is 0 Å². The van der Waals surface area contributed by atoms with Gasteiger partial charge in [0, 0.05) is 9.61 Å². The van der Waals surface area contributed by atoms with E-state index >= 15 is 0 Å². The molecule has 3 N–H and O–H groups in total. The van der Waals surface area contributed by atoms with Crippen molar-refractivity contribution in [2.45, 2.75) is 32.2 Å². The Hall–Kier alpha value is -1.31. The van der Waals surface area contributed by atoms with E-state index < -0.39 is 17.9 Å². The lowest BCUT2D eigenvalue weighted by molar-refractivity contribution is -0.137. The maximum atomic E-state index is 12.0. The number of carboxylic acids is 1. The number of nitrogens with one attached hydrogen (secondary N) is 1. The minimum absolute atomic E-state index is 0.108. The van der Waals surface area contributed by atoms with E-state index in [1.807, 2.05) is 29.5 Å². The maximum Gasteiger partial charge on any atom is 0.305 e. The van der Waals surface area contributed by atoms with Crippen molar-refractivity contribution in [2.75, 3.05) is 0 Å². The largest absolute Gasteiger partial charge is 0.507 e. The van der Waals surface area contributed by atoms with Crippen molar-refractivity contribution in [3.05, 3.63) is 27.3 Å². The molecule has 0 aliphatic rings. The molecule has 1 unspecified atom stereocenters. The zero-order chi connectivity index (χ0) is 14.4. The van der Waals surface area contributed by atoms with Crippen LogP contribution in [0.25, 0.3) is 0 Å². The van der Waals surface area contributed by atoms with Gasteiger partial charge < -0.3 is 15.5 Å². The number of aromatic hydroxyl groups is 1. The molecule has 104 valence electrons. The van der Waals surface area contributed by atoms with Gasteiger partial charge in [-0.1, -0.05) is 13.3 Å². The van der Waals surface area contributed by atoms with Crippen LogP contribution in [-0.2, 0) is 4.79 Å². The molecule has 0 aromatic heterocycles. The number of carbonyl (C=O) groups excluding carboxylic acids is 1. The van der Waals surface area contributed by atoms with E-state index in [1.54, 1.807) is 12.1 Å². The second-order valence-electron chi connectivity index (χ2n) is 4.22. The summed E-state index contributed by atoms with van der Waals surface area (Å²) in [5, 5.41) is 21.1. The van der Waals surface area contributed by atoms with E-state index in [1.165, 1.54) is 6.07 Å². The molecule has 1 aromatic carbocycles. The molecule has 0 bridgehead atoms. The van der Waals surface area contributed by atoms with Crippen LogP contribution in [0, 0.1) is 3.57 Å². The second-order valence-corrected chi connectivity index (χ2v) is 5.46. The van der Waals surface area contributed by atoms with E-state index in [9.17, 15) is 14.7 Å². The van der Waals surface area contributed by atoms with Crippen LogP contribution in [-0.4, -0.2) is 28.1 Å². The number of carbonyl (C=O) groups is 2. The normalized spacial score (nSPS) is 11.9. The fourth-order valence-electron chi connectivity index (χ4n) is 1.74. The minimum Gasteiger partial charge on any atom is -0.507 e. The standard InChI is InChI=1S/C13H16INO4/c1-2-3-9(7-12(17)18)15-13(19)10-6-8(14)4-5-11(10)16/h4-6,9,16H,2-3,7H2,1H3,(H,15,19)(H,17,18). The molecule has 5 nitrogen and oxygen atoms in total. The molecule has 0 saturated carbocycles. The van der Waals surface area contributed by atoms with Crippen LogP contribution >= 0.6 is 22.6 Å². The van der Waals surface area contributed by atoms with Crippen molar-refractivity contribution < 1.29 is 19.8 Å². The quantitative estimate of drug-likeness (QED) is 0.665. The van der Waals surface area contributed by atoms with E-state index in [0.29, 0.717) is 6.42 Å². The molecule has 0 aliphatic carbocycles. The van der Waals surface area contributed by atoms with Gasteiger partial charge in [0.1, 0.15) is 5.75 Å². The number of hydrogen-bond acceptors (Lipinski definition) is 3. The van der Waals surface area contributed by atoms with Crippen molar-refractivity contribution in [3.8, 4) is 5.75 Å². The van der Waals surface area contributed by atoms with Gasteiger partial charge in [-0.3, -0.25) is 9.59 Å². The predicted molar refractivity (Wildman–Crippen MR) is 79.2 cm³/mol. The maximum absolute atomic E-state index is 12.0. The molecule has 1 atom stereocenters. The number of hydrogen-bond donors (Lipinski definition) is 3. The first-order valence-electron chi connectivity index (χ1n) is 5.95. The molecule has 0 spiro atoms. The summed E-state index contributed by atoms with van der Waals surface area (Å²) >= 11 is 2.04. The summed E-state index contributed by atoms with van der Waals surface area (Å²) in [6, 6.07) is 4.28. The Morgan fingerprint density at radius 3 is 2.68 bits per heavy atom. The van der Waals surface area contributed by atoms with E-state index in [2.05, 4.69) is 5.32 Å². The van der Waals surface area contributed by atoms with E-state index in [-0.39, 0.29) is 17.7 Å². The molecule has 1 aromatic rings. The smallest absolute Gasteiger partial charge is 0.305 e. The van der Waals surface area contributed by atoms with Crippen LogP contribution < -0.4 is 5.32 Å². The van der Waals surface area contributed by atoms with Gasteiger partial charge in [-0.15, -0.1) is 0 Å². The topological polar surface area (TPSA) is 86.6 Å². The molecule has 1 amide bonds. The highest BCUT2D eigenvalue weighted by Gasteiger charge is 2.18. The number of rotatable bonds is 6.